The van der Waals surface area contributed by atoms with Gasteiger partial charge in [-0.3, -0.25) is 0 Å². The first-order chi connectivity index (χ1) is 4.24. The molecular weight excluding hydrogens is 133 g/mol. The van der Waals surface area contributed by atoms with E-state index in [-0.39, 0.29) is 0 Å². The third-order valence-corrected chi connectivity index (χ3v) is 1.94. The van der Waals surface area contributed by atoms with Gasteiger partial charge in [0, 0.05) is 10.5 Å². The van der Waals surface area contributed by atoms with Crippen molar-refractivity contribution in [3.8, 4) is 5.19 Å². The summed E-state index contributed by atoms with van der Waals surface area (Å²) >= 11 is 1.46. The topological polar surface area (TPSA) is 22.1 Å². The van der Waals surface area contributed by atoms with E-state index in [0.717, 1.165) is 4.88 Å². The highest BCUT2D eigenvalue weighted by atomic mass is 32.1. The standard InChI is InChI=1S/C5H6BNOS/c1-3-4(6)7-5(8-2)9-3/h1-2H3. The van der Waals surface area contributed by atoms with Crippen molar-refractivity contribution in [2.75, 3.05) is 7.11 Å². The number of aryl methyl sites for hydroxylation is 1. The summed E-state index contributed by atoms with van der Waals surface area (Å²) in [4.78, 5) is 4.91. The van der Waals surface area contributed by atoms with Crippen molar-refractivity contribution in [3.63, 3.8) is 0 Å². The molecule has 2 radical (unpaired) electrons. The van der Waals surface area contributed by atoms with Gasteiger partial charge in [-0.25, -0.2) is 4.98 Å². The molecule has 1 aromatic heterocycles. The largest absolute Gasteiger partial charge is 0.473 e. The first-order valence-corrected chi connectivity index (χ1v) is 3.32. The van der Waals surface area contributed by atoms with Crippen LogP contribution in [-0.2, 0) is 0 Å². The Balaban J connectivity index is 2.98. The molecule has 0 saturated carbocycles. The number of hydrogen-bond donors (Lipinski definition) is 0. The molecule has 0 aliphatic rings. The minimum absolute atomic E-state index is 0.567. The normalized spacial score (nSPS) is 9.56. The Morgan fingerprint density at radius 1 is 1.67 bits per heavy atom. The van der Waals surface area contributed by atoms with Gasteiger partial charge in [-0.15, -0.1) is 0 Å². The SMILES string of the molecule is [B]c1nc(OC)sc1C. The molecule has 0 unspecified atom stereocenters. The van der Waals surface area contributed by atoms with E-state index in [9.17, 15) is 0 Å². The molecule has 1 heterocycles. The van der Waals surface area contributed by atoms with Crippen molar-refractivity contribution in [1.29, 1.82) is 0 Å². The zero-order valence-electron chi connectivity index (χ0n) is 5.34. The molecule has 0 atom stereocenters. The van der Waals surface area contributed by atoms with E-state index in [1.54, 1.807) is 7.11 Å². The molecule has 0 saturated heterocycles. The van der Waals surface area contributed by atoms with Crippen LogP contribution in [0.1, 0.15) is 4.88 Å². The van der Waals surface area contributed by atoms with Crippen molar-refractivity contribution in [1.82, 2.24) is 4.98 Å². The second-order valence-electron chi connectivity index (χ2n) is 1.63. The molecule has 0 N–H and O–H groups in total. The van der Waals surface area contributed by atoms with Crippen LogP contribution < -0.4 is 10.3 Å². The molecule has 0 bridgehead atoms. The summed E-state index contributed by atoms with van der Waals surface area (Å²) in [5.74, 6) is 0. The van der Waals surface area contributed by atoms with Crippen LogP contribution in [0.3, 0.4) is 0 Å². The zero-order chi connectivity index (χ0) is 6.85. The number of methoxy groups -OCH3 is 1. The van der Waals surface area contributed by atoms with Crippen LogP contribution in [0.25, 0.3) is 0 Å². The van der Waals surface area contributed by atoms with E-state index in [4.69, 9.17) is 12.6 Å². The molecule has 1 aromatic rings. The van der Waals surface area contributed by atoms with E-state index in [1.807, 2.05) is 6.92 Å². The Labute approximate surface area is 59.3 Å². The summed E-state index contributed by atoms with van der Waals surface area (Å²) in [5.41, 5.74) is 0.567. The molecule has 0 amide bonds. The van der Waals surface area contributed by atoms with Crippen molar-refractivity contribution < 1.29 is 4.74 Å². The van der Waals surface area contributed by atoms with Crippen LogP contribution in [0, 0.1) is 6.92 Å². The van der Waals surface area contributed by atoms with Crippen LogP contribution >= 0.6 is 11.3 Å². The summed E-state index contributed by atoms with van der Waals surface area (Å²) in [7, 11) is 7.02. The molecule has 0 aliphatic carbocycles. The number of ether oxygens (including phenoxy) is 1. The predicted octanol–water partition coefficient (Wildman–Crippen LogP) is 0.254. The predicted molar refractivity (Wildman–Crippen MR) is 38.8 cm³/mol. The third kappa shape index (κ3) is 1.24. The fraction of sp³-hybridized carbons (Fsp3) is 0.400. The average molecular weight is 139 g/mol. The lowest BCUT2D eigenvalue weighted by Gasteiger charge is -1.85. The van der Waals surface area contributed by atoms with Crippen molar-refractivity contribution in [3.05, 3.63) is 4.88 Å². The van der Waals surface area contributed by atoms with Crippen LogP contribution in [0.15, 0.2) is 0 Å². The second kappa shape index (κ2) is 2.39. The number of aromatic nitrogens is 1. The van der Waals surface area contributed by atoms with Gasteiger partial charge < -0.3 is 4.74 Å². The summed E-state index contributed by atoms with van der Waals surface area (Å²) in [6, 6.07) is 0. The molecule has 0 aliphatic heterocycles. The minimum Gasteiger partial charge on any atom is -0.473 e. The first-order valence-electron chi connectivity index (χ1n) is 2.51. The van der Waals surface area contributed by atoms with E-state index >= 15 is 0 Å². The molecule has 46 valence electrons. The maximum Gasteiger partial charge on any atom is 0.272 e. The quantitative estimate of drug-likeness (QED) is 0.520. The molecule has 0 aromatic carbocycles. The number of hydrogen-bond acceptors (Lipinski definition) is 3. The lowest BCUT2D eigenvalue weighted by Crippen LogP contribution is -2.05. The van der Waals surface area contributed by atoms with Gasteiger partial charge in [-0.2, -0.15) is 0 Å². The highest BCUT2D eigenvalue weighted by Crippen LogP contribution is 2.15. The lowest BCUT2D eigenvalue weighted by atomic mass is 10.0. The second-order valence-corrected chi connectivity index (χ2v) is 2.79. The van der Waals surface area contributed by atoms with Gasteiger partial charge in [0.2, 0.25) is 0 Å². The summed E-state index contributed by atoms with van der Waals surface area (Å²) < 4.78 is 4.84. The number of nitrogens with zero attached hydrogens (tertiary/aromatic N) is 1. The van der Waals surface area contributed by atoms with Gasteiger partial charge >= 0.3 is 0 Å². The summed E-state index contributed by atoms with van der Waals surface area (Å²) in [6.45, 7) is 1.91. The van der Waals surface area contributed by atoms with Gasteiger partial charge in [0.25, 0.3) is 5.19 Å². The lowest BCUT2D eigenvalue weighted by molar-refractivity contribution is 0.412. The molecule has 0 spiro atoms. The minimum atomic E-state index is 0.567. The van der Waals surface area contributed by atoms with Gasteiger partial charge in [0.05, 0.1) is 7.11 Å². The Hall–Kier alpha value is -0.505. The van der Waals surface area contributed by atoms with Crippen molar-refractivity contribution in [2.45, 2.75) is 6.92 Å². The maximum absolute atomic E-state index is 5.44. The van der Waals surface area contributed by atoms with Crippen LogP contribution in [0.4, 0.5) is 0 Å². The summed E-state index contributed by atoms with van der Waals surface area (Å²) in [6.07, 6.45) is 0. The number of thiazole rings is 1. The Morgan fingerprint density at radius 3 is 2.56 bits per heavy atom. The van der Waals surface area contributed by atoms with Crippen LogP contribution in [-0.4, -0.2) is 19.9 Å². The van der Waals surface area contributed by atoms with E-state index in [0.29, 0.717) is 10.8 Å². The Morgan fingerprint density at radius 2 is 2.33 bits per heavy atom. The van der Waals surface area contributed by atoms with E-state index in [1.165, 1.54) is 11.3 Å². The average Bonchev–Trinajstić information content (AvgIpc) is 2.13. The first kappa shape index (κ1) is 6.61. The molecular formula is C5H6BNOS. The van der Waals surface area contributed by atoms with E-state index < -0.39 is 0 Å². The van der Waals surface area contributed by atoms with E-state index in [2.05, 4.69) is 4.98 Å². The van der Waals surface area contributed by atoms with Crippen molar-refractivity contribution in [2.24, 2.45) is 0 Å². The fourth-order valence-corrected chi connectivity index (χ4v) is 1.11. The van der Waals surface area contributed by atoms with Gasteiger partial charge in [0.15, 0.2) is 0 Å². The zero-order valence-corrected chi connectivity index (χ0v) is 6.16. The smallest absolute Gasteiger partial charge is 0.272 e. The molecule has 4 heteroatoms. The van der Waals surface area contributed by atoms with Crippen LogP contribution in [0.2, 0.25) is 0 Å². The van der Waals surface area contributed by atoms with Gasteiger partial charge in [0.1, 0.15) is 7.85 Å². The monoisotopic (exact) mass is 139 g/mol. The van der Waals surface area contributed by atoms with Gasteiger partial charge in [-0.1, -0.05) is 11.3 Å². The third-order valence-electron chi connectivity index (χ3n) is 0.987. The highest BCUT2D eigenvalue weighted by Gasteiger charge is 2.00. The Bertz CT molecular complexity index is 191. The summed E-state index contributed by atoms with van der Waals surface area (Å²) in [5, 5.41) is 0.630. The Kier molecular flexibility index (Phi) is 1.76. The molecule has 1 rings (SSSR count). The molecule has 2 nitrogen and oxygen atoms in total. The maximum atomic E-state index is 5.44. The van der Waals surface area contributed by atoms with Crippen LogP contribution in [0.5, 0.6) is 5.19 Å². The fourth-order valence-electron chi connectivity index (χ4n) is 0.470. The van der Waals surface area contributed by atoms with Gasteiger partial charge in [-0.05, 0) is 6.92 Å². The number of rotatable bonds is 1. The molecule has 0 fully saturated rings. The molecule has 9 heavy (non-hydrogen) atoms. The highest BCUT2D eigenvalue weighted by molar-refractivity contribution is 7.14. The van der Waals surface area contributed by atoms with Crippen molar-refractivity contribution >= 4 is 24.8 Å².